The van der Waals surface area contributed by atoms with E-state index in [2.05, 4.69) is 21.3 Å². The molecule has 0 radical (unpaired) electrons. The van der Waals surface area contributed by atoms with Crippen LogP contribution in [0.1, 0.15) is 27.1 Å². The van der Waals surface area contributed by atoms with Gasteiger partial charge in [-0.05, 0) is 24.3 Å². The number of nitrogens with one attached hydrogen (secondary N) is 4. The average Bonchev–Trinajstić information content (AvgIpc) is 2.65. The minimum atomic E-state index is -0.565. The fraction of sp³-hybridized carbons (Fsp3) is 0.158. The monoisotopic (exact) mass is 366 g/mol. The third-order valence-electron chi connectivity index (χ3n) is 3.91. The van der Waals surface area contributed by atoms with E-state index >= 15 is 0 Å². The largest absolute Gasteiger partial charge is 0.350 e. The summed E-state index contributed by atoms with van der Waals surface area (Å²) >= 11 is 0. The zero-order valence-electron chi connectivity index (χ0n) is 14.4. The van der Waals surface area contributed by atoms with E-state index in [1.807, 2.05) is 0 Å². The van der Waals surface area contributed by atoms with E-state index in [0.717, 1.165) is 0 Å². The topological polar surface area (TPSA) is 116 Å². The van der Waals surface area contributed by atoms with Crippen molar-refractivity contribution in [3.63, 3.8) is 0 Å². The molecule has 8 nitrogen and oxygen atoms in total. The van der Waals surface area contributed by atoms with E-state index in [1.54, 1.807) is 48.5 Å². The Morgan fingerprint density at radius 1 is 0.593 bits per heavy atom. The first-order valence-corrected chi connectivity index (χ1v) is 8.39. The Labute approximate surface area is 155 Å². The Balaban J connectivity index is 1.88. The Morgan fingerprint density at radius 2 is 1.00 bits per heavy atom. The van der Waals surface area contributed by atoms with Crippen molar-refractivity contribution < 1.29 is 19.2 Å². The van der Waals surface area contributed by atoms with Crippen LogP contribution in [0.2, 0.25) is 0 Å². The van der Waals surface area contributed by atoms with Crippen molar-refractivity contribution >= 4 is 35.0 Å². The lowest BCUT2D eigenvalue weighted by molar-refractivity contribution is -0.123. The predicted octanol–water partition coefficient (Wildman–Crippen LogP) is 1.13. The van der Waals surface area contributed by atoms with E-state index in [9.17, 15) is 19.2 Å². The van der Waals surface area contributed by atoms with Gasteiger partial charge in [0.15, 0.2) is 0 Å². The molecule has 0 saturated heterocycles. The van der Waals surface area contributed by atoms with Crippen molar-refractivity contribution in [2.45, 2.75) is 6.42 Å². The summed E-state index contributed by atoms with van der Waals surface area (Å²) in [5, 5.41) is 10.5. The Kier molecular flexibility index (Phi) is 5.46. The van der Waals surface area contributed by atoms with Crippen LogP contribution in [0, 0.1) is 0 Å². The fourth-order valence-electron chi connectivity index (χ4n) is 2.66. The second-order valence-electron chi connectivity index (χ2n) is 5.88. The van der Waals surface area contributed by atoms with Gasteiger partial charge in [0.2, 0.25) is 11.8 Å². The summed E-state index contributed by atoms with van der Waals surface area (Å²) in [6.07, 6.45) is -0.452. The Morgan fingerprint density at radius 3 is 1.44 bits per heavy atom. The van der Waals surface area contributed by atoms with E-state index in [-0.39, 0.29) is 36.0 Å². The van der Waals surface area contributed by atoms with Crippen molar-refractivity contribution in [3.8, 4) is 0 Å². The molecular formula is C19H18N4O4. The summed E-state index contributed by atoms with van der Waals surface area (Å²) in [5.74, 6) is -1.91. The van der Waals surface area contributed by atoms with Crippen molar-refractivity contribution in [2.24, 2.45) is 0 Å². The zero-order chi connectivity index (χ0) is 19.2. The molecule has 0 bridgehead atoms. The first-order chi connectivity index (χ1) is 13.0. The lowest BCUT2D eigenvalue weighted by Gasteiger charge is -2.11. The molecule has 4 N–H and O–H groups in total. The predicted molar refractivity (Wildman–Crippen MR) is 99.4 cm³/mol. The summed E-state index contributed by atoms with van der Waals surface area (Å²) in [4.78, 5) is 49.1. The Hall–Kier alpha value is -3.68. The summed E-state index contributed by atoms with van der Waals surface area (Å²) in [6, 6.07) is 13.0. The van der Waals surface area contributed by atoms with Gasteiger partial charge in [-0.3, -0.25) is 19.2 Å². The molecule has 2 aromatic rings. The second kappa shape index (κ2) is 8.13. The molecule has 138 valence electrons. The highest BCUT2D eigenvalue weighted by Crippen LogP contribution is 2.17. The fourth-order valence-corrected chi connectivity index (χ4v) is 2.66. The van der Waals surface area contributed by atoms with Gasteiger partial charge >= 0.3 is 0 Å². The molecule has 0 aliphatic carbocycles. The van der Waals surface area contributed by atoms with Gasteiger partial charge < -0.3 is 21.3 Å². The number of rotatable bonds is 0. The van der Waals surface area contributed by atoms with Crippen molar-refractivity contribution in [2.75, 3.05) is 23.7 Å². The molecule has 0 atom stereocenters. The summed E-state index contributed by atoms with van der Waals surface area (Å²) in [7, 11) is 0. The maximum atomic E-state index is 12.3. The number of carbonyl (C=O) groups is 4. The number of benzene rings is 2. The van der Waals surface area contributed by atoms with E-state index < -0.39 is 18.2 Å². The number of anilines is 2. The van der Waals surface area contributed by atoms with Gasteiger partial charge in [-0.2, -0.15) is 0 Å². The zero-order valence-corrected chi connectivity index (χ0v) is 14.4. The maximum Gasteiger partial charge on any atom is 0.253 e. The molecule has 4 amide bonds. The molecule has 0 fully saturated rings. The van der Waals surface area contributed by atoms with Crippen molar-refractivity contribution in [1.82, 2.24) is 10.6 Å². The van der Waals surface area contributed by atoms with Crippen molar-refractivity contribution in [1.29, 1.82) is 0 Å². The summed E-state index contributed by atoms with van der Waals surface area (Å²) < 4.78 is 0. The molecule has 1 heterocycles. The van der Waals surface area contributed by atoms with Crippen LogP contribution in [0.4, 0.5) is 11.4 Å². The van der Waals surface area contributed by atoms with Crippen LogP contribution in [0.25, 0.3) is 0 Å². The van der Waals surface area contributed by atoms with Gasteiger partial charge in [-0.25, -0.2) is 0 Å². The Bertz CT molecular complexity index is 837. The molecule has 0 spiro atoms. The number of hydrogen-bond donors (Lipinski definition) is 4. The average molecular weight is 366 g/mol. The number of para-hydroxylation sites is 2. The van der Waals surface area contributed by atoms with Gasteiger partial charge in [0, 0.05) is 13.1 Å². The number of carbonyl (C=O) groups excluding carboxylic acids is 4. The van der Waals surface area contributed by atoms with E-state index in [4.69, 9.17) is 0 Å². The van der Waals surface area contributed by atoms with Gasteiger partial charge in [0.25, 0.3) is 11.8 Å². The quantitative estimate of drug-likeness (QED) is 0.523. The molecule has 8 heteroatoms. The number of amides is 4. The van der Waals surface area contributed by atoms with E-state index in [1.165, 1.54) is 0 Å². The molecule has 1 aliphatic heterocycles. The summed E-state index contributed by atoms with van der Waals surface area (Å²) in [6.45, 7) is 0.419. The molecule has 0 saturated carbocycles. The van der Waals surface area contributed by atoms with Crippen LogP contribution in [-0.2, 0) is 9.59 Å². The lowest BCUT2D eigenvalue weighted by Crippen LogP contribution is -2.35. The van der Waals surface area contributed by atoms with Gasteiger partial charge in [0.05, 0.1) is 22.5 Å². The first-order valence-electron chi connectivity index (χ1n) is 8.39. The van der Waals surface area contributed by atoms with Crippen LogP contribution < -0.4 is 21.3 Å². The molecule has 2 aromatic carbocycles. The van der Waals surface area contributed by atoms with Crippen LogP contribution in [-0.4, -0.2) is 36.7 Å². The van der Waals surface area contributed by atoms with Gasteiger partial charge in [-0.1, -0.05) is 24.3 Å². The lowest BCUT2D eigenvalue weighted by atomic mass is 10.1. The van der Waals surface area contributed by atoms with Crippen molar-refractivity contribution in [3.05, 3.63) is 59.7 Å². The standard InChI is InChI=1S/C19H18N4O4/c24-16-11-17(25)23-15-8-4-2-6-13(15)19(27)21-10-9-20-18(26)12-5-1-3-7-14(12)22-16/h1-8H,9-11H2,(H,20,26)(H,21,27)(H,22,24)(H,23,25). The molecule has 0 unspecified atom stereocenters. The van der Waals surface area contributed by atoms with E-state index in [0.29, 0.717) is 11.4 Å². The highest BCUT2D eigenvalue weighted by atomic mass is 16.2. The molecular weight excluding hydrogens is 348 g/mol. The normalized spacial score (nSPS) is 15.7. The molecule has 1 aliphatic rings. The highest BCUT2D eigenvalue weighted by Gasteiger charge is 2.18. The van der Waals surface area contributed by atoms with Crippen LogP contribution in [0.5, 0.6) is 0 Å². The maximum absolute atomic E-state index is 12.3. The molecule has 3 rings (SSSR count). The minimum absolute atomic E-state index is 0.210. The second-order valence-corrected chi connectivity index (χ2v) is 5.88. The first kappa shape index (κ1) is 18.1. The number of hydrogen-bond acceptors (Lipinski definition) is 4. The summed E-state index contributed by atoms with van der Waals surface area (Å²) in [5.41, 5.74) is 1.17. The third-order valence-corrected chi connectivity index (χ3v) is 3.91. The smallest absolute Gasteiger partial charge is 0.253 e. The molecule has 27 heavy (non-hydrogen) atoms. The van der Waals surface area contributed by atoms with Crippen LogP contribution in [0.3, 0.4) is 0 Å². The van der Waals surface area contributed by atoms with Crippen LogP contribution >= 0.6 is 0 Å². The number of fused-ring (bicyclic) bond motifs is 2. The molecule has 0 aromatic heterocycles. The van der Waals surface area contributed by atoms with Crippen LogP contribution in [0.15, 0.2) is 48.5 Å². The van der Waals surface area contributed by atoms with Gasteiger partial charge in [-0.15, -0.1) is 0 Å². The van der Waals surface area contributed by atoms with Gasteiger partial charge in [0.1, 0.15) is 6.42 Å². The minimum Gasteiger partial charge on any atom is -0.350 e. The SMILES string of the molecule is O=C1CC(=O)Nc2ccccc2C(=O)NCCNC(=O)c2ccccc2N1. The highest BCUT2D eigenvalue weighted by molar-refractivity contribution is 6.12. The third kappa shape index (κ3) is 4.49.